The molecule has 0 saturated carbocycles. The van der Waals surface area contributed by atoms with Crippen LogP contribution in [0.15, 0.2) is 18.2 Å². The molecule has 0 saturated heterocycles. The van der Waals surface area contributed by atoms with Crippen LogP contribution in [0.3, 0.4) is 0 Å². The van der Waals surface area contributed by atoms with Crippen molar-refractivity contribution in [2.24, 2.45) is 0 Å². The van der Waals surface area contributed by atoms with Crippen molar-refractivity contribution in [2.45, 2.75) is 45.7 Å². The second-order valence-electron chi connectivity index (χ2n) is 5.95. The Morgan fingerprint density at radius 1 is 1.21 bits per heavy atom. The molecule has 19 heavy (non-hydrogen) atoms. The van der Waals surface area contributed by atoms with Crippen molar-refractivity contribution < 1.29 is 8.78 Å². The van der Waals surface area contributed by atoms with Crippen molar-refractivity contribution in [1.29, 1.82) is 0 Å². The molecule has 0 bridgehead atoms. The Morgan fingerprint density at radius 3 is 2.53 bits per heavy atom. The first-order chi connectivity index (χ1) is 8.79. The lowest BCUT2D eigenvalue weighted by atomic mass is 10.1. The molecule has 1 unspecified atom stereocenters. The van der Waals surface area contributed by atoms with E-state index in [0.717, 1.165) is 12.6 Å². The normalized spacial score (nSPS) is 13.6. The van der Waals surface area contributed by atoms with E-state index < -0.39 is 11.6 Å². The standard InChI is InChI=1S/C15H24F2N2/c1-11(10-19-15(2,3)4)18-9-8-12-6-5-7-13(16)14(12)17/h5-7,11,18-19H,8-10H2,1-4H3. The molecule has 0 aromatic heterocycles. The van der Waals surface area contributed by atoms with Crippen molar-refractivity contribution in [2.75, 3.05) is 13.1 Å². The van der Waals surface area contributed by atoms with Gasteiger partial charge in [0.15, 0.2) is 11.6 Å². The molecule has 0 heterocycles. The van der Waals surface area contributed by atoms with Crippen LogP contribution in [-0.2, 0) is 6.42 Å². The molecule has 108 valence electrons. The molecule has 4 heteroatoms. The van der Waals surface area contributed by atoms with Gasteiger partial charge in [0.25, 0.3) is 0 Å². The molecule has 0 amide bonds. The first-order valence-electron chi connectivity index (χ1n) is 6.71. The fourth-order valence-electron chi connectivity index (χ4n) is 1.73. The van der Waals surface area contributed by atoms with Crippen molar-refractivity contribution in [3.63, 3.8) is 0 Å². The minimum absolute atomic E-state index is 0.0879. The highest BCUT2D eigenvalue weighted by Crippen LogP contribution is 2.11. The first kappa shape index (κ1) is 16.1. The van der Waals surface area contributed by atoms with Crippen LogP contribution in [0.5, 0.6) is 0 Å². The molecular formula is C15H24F2N2. The highest BCUT2D eigenvalue weighted by Gasteiger charge is 2.11. The fraction of sp³-hybridized carbons (Fsp3) is 0.600. The van der Waals surface area contributed by atoms with Gasteiger partial charge in [-0.15, -0.1) is 0 Å². The molecular weight excluding hydrogens is 246 g/mol. The average molecular weight is 270 g/mol. The van der Waals surface area contributed by atoms with Crippen molar-refractivity contribution >= 4 is 0 Å². The number of benzene rings is 1. The summed E-state index contributed by atoms with van der Waals surface area (Å²) in [6, 6.07) is 4.59. The van der Waals surface area contributed by atoms with Gasteiger partial charge in [0.05, 0.1) is 0 Å². The van der Waals surface area contributed by atoms with Gasteiger partial charge in [-0.2, -0.15) is 0 Å². The predicted octanol–water partition coefficient (Wildman–Crippen LogP) is 2.87. The summed E-state index contributed by atoms with van der Waals surface area (Å²) in [7, 11) is 0. The van der Waals surface area contributed by atoms with Gasteiger partial charge in [0.1, 0.15) is 0 Å². The first-order valence-corrected chi connectivity index (χ1v) is 6.71. The van der Waals surface area contributed by atoms with Gasteiger partial charge in [-0.05, 0) is 52.3 Å². The maximum absolute atomic E-state index is 13.4. The lowest BCUT2D eigenvalue weighted by Crippen LogP contribution is -2.45. The van der Waals surface area contributed by atoms with E-state index in [1.54, 1.807) is 12.1 Å². The van der Waals surface area contributed by atoms with Gasteiger partial charge in [0, 0.05) is 18.1 Å². The van der Waals surface area contributed by atoms with Crippen molar-refractivity contribution in [3.8, 4) is 0 Å². The van der Waals surface area contributed by atoms with Crippen LogP contribution in [0.25, 0.3) is 0 Å². The summed E-state index contributed by atoms with van der Waals surface area (Å²) in [4.78, 5) is 0. The van der Waals surface area contributed by atoms with Crippen LogP contribution in [0, 0.1) is 11.6 Å². The third kappa shape index (κ3) is 6.12. The van der Waals surface area contributed by atoms with Gasteiger partial charge in [0.2, 0.25) is 0 Å². The molecule has 1 aromatic rings. The summed E-state index contributed by atoms with van der Waals surface area (Å²) in [6.07, 6.45) is 0.490. The Hall–Kier alpha value is -1.00. The lowest BCUT2D eigenvalue weighted by molar-refractivity contribution is 0.388. The van der Waals surface area contributed by atoms with Gasteiger partial charge >= 0.3 is 0 Å². The largest absolute Gasteiger partial charge is 0.313 e. The number of hydrogen-bond donors (Lipinski definition) is 2. The van der Waals surface area contributed by atoms with E-state index in [2.05, 4.69) is 38.3 Å². The summed E-state index contributed by atoms with van der Waals surface area (Å²) >= 11 is 0. The number of hydrogen-bond acceptors (Lipinski definition) is 2. The highest BCUT2D eigenvalue weighted by molar-refractivity contribution is 5.19. The smallest absolute Gasteiger partial charge is 0.162 e. The Morgan fingerprint density at radius 2 is 1.89 bits per heavy atom. The van der Waals surface area contributed by atoms with E-state index in [9.17, 15) is 8.78 Å². The predicted molar refractivity (Wildman–Crippen MR) is 75.3 cm³/mol. The second kappa shape index (κ2) is 6.96. The summed E-state index contributed by atoms with van der Waals surface area (Å²) in [5.74, 6) is -1.51. The van der Waals surface area contributed by atoms with Crippen LogP contribution in [-0.4, -0.2) is 24.7 Å². The summed E-state index contributed by atoms with van der Waals surface area (Å²) < 4.78 is 26.4. The molecule has 2 nitrogen and oxygen atoms in total. The van der Waals surface area contributed by atoms with E-state index in [-0.39, 0.29) is 11.6 Å². The van der Waals surface area contributed by atoms with Crippen LogP contribution < -0.4 is 10.6 Å². The molecule has 1 atom stereocenters. The maximum Gasteiger partial charge on any atom is 0.162 e. The van der Waals surface area contributed by atoms with E-state index in [4.69, 9.17) is 0 Å². The Kier molecular flexibility index (Phi) is 5.88. The maximum atomic E-state index is 13.4. The van der Waals surface area contributed by atoms with Gasteiger partial charge in [-0.25, -0.2) is 8.78 Å². The lowest BCUT2D eigenvalue weighted by Gasteiger charge is -2.24. The van der Waals surface area contributed by atoms with E-state index in [0.29, 0.717) is 18.5 Å². The van der Waals surface area contributed by atoms with Gasteiger partial charge in [-0.1, -0.05) is 12.1 Å². The molecule has 1 rings (SSSR count). The van der Waals surface area contributed by atoms with Gasteiger partial charge < -0.3 is 10.6 Å². The molecule has 0 aliphatic carbocycles. The summed E-state index contributed by atoms with van der Waals surface area (Å²) in [6.45, 7) is 9.88. The zero-order valence-corrected chi connectivity index (χ0v) is 12.2. The Labute approximate surface area is 114 Å². The van der Waals surface area contributed by atoms with Crippen molar-refractivity contribution in [3.05, 3.63) is 35.4 Å². The summed E-state index contributed by atoms with van der Waals surface area (Å²) in [5, 5.41) is 6.69. The average Bonchev–Trinajstić information content (AvgIpc) is 2.31. The molecule has 0 spiro atoms. The molecule has 0 aliphatic heterocycles. The van der Waals surface area contributed by atoms with Crippen LogP contribution >= 0.6 is 0 Å². The fourth-order valence-corrected chi connectivity index (χ4v) is 1.73. The Balaban J connectivity index is 2.32. The van der Waals surface area contributed by atoms with E-state index in [1.807, 2.05) is 0 Å². The third-order valence-electron chi connectivity index (χ3n) is 2.86. The SMILES string of the molecule is CC(CNC(C)(C)C)NCCc1cccc(F)c1F. The van der Waals surface area contributed by atoms with Gasteiger partial charge in [-0.3, -0.25) is 0 Å². The molecule has 0 radical (unpaired) electrons. The topological polar surface area (TPSA) is 24.1 Å². The zero-order valence-electron chi connectivity index (χ0n) is 12.2. The molecule has 1 aromatic carbocycles. The molecule has 0 fully saturated rings. The van der Waals surface area contributed by atoms with Crippen LogP contribution in [0.1, 0.15) is 33.3 Å². The van der Waals surface area contributed by atoms with Crippen molar-refractivity contribution in [1.82, 2.24) is 10.6 Å². The number of rotatable bonds is 6. The summed E-state index contributed by atoms with van der Waals surface area (Å²) in [5.41, 5.74) is 0.508. The number of halogens is 2. The number of nitrogens with one attached hydrogen (secondary N) is 2. The minimum atomic E-state index is -0.778. The van der Waals surface area contributed by atoms with Crippen LogP contribution in [0.4, 0.5) is 8.78 Å². The van der Waals surface area contributed by atoms with E-state index >= 15 is 0 Å². The monoisotopic (exact) mass is 270 g/mol. The molecule has 0 aliphatic rings. The third-order valence-corrected chi connectivity index (χ3v) is 2.86. The van der Waals surface area contributed by atoms with E-state index in [1.165, 1.54) is 0 Å². The second-order valence-corrected chi connectivity index (χ2v) is 5.95. The molecule has 2 N–H and O–H groups in total. The minimum Gasteiger partial charge on any atom is -0.313 e. The quantitative estimate of drug-likeness (QED) is 0.830. The Bertz CT molecular complexity index is 400. The highest BCUT2D eigenvalue weighted by atomic mass is 19.2. The zero-order chi connectivity index (χ0) is 14.5. The van der Waals surface area contributed by atoms with Crippen LogP contribution in [0.2, 0.25) is 0 Å².